The number of carbonyl (C=O) groups excluding carboxylic acids is 1. The van der Waals surface area contributed by atoms with Crippen molar-refractivity contribution in [3.63, 3.8) is 0 Å². The lowest BCUT2D eigenvalue weighted by atomic mass is 10.1. The number of hydrogen-bond donors (Lipinski definition) is 1. The van der Waals surface area contributed by atoms with E-state index in [1.807, 2.05) is 19.9 Å². The Morgan fingerprint density at radius 2 is 1.81 bits per heavy atom. The molecule has 0 aliphatic rings. The Bertz CT molecular complexity index is 1000. The minimum atomic E-state index is -4.06. The van der Waals surface area contributed by atoms with E-state index in [1.165, 1.54) is 19.2 Å². The lowest BCUT2D eigenvalue weighted by Crippen LogP contribution is -2.35. The number of rotatable bonds is 6. The summed E-state index contributed by atoms with van der Waals surface area (Å²) in [6, 6.07) is 9.05. The molecule has 0 unspecified atom stereocenters. The summed E-state index contributed by atoms with van der Waals surface area (Å²) < 4.78 is 26.4. The Morgan fingerprint density at radius 3 is 2.44 bits per heavy atom. The molecule has 0 bridgehead atoms. The highest BCUT2D eigenvalue weighted by atomic mass is 32.2. The molecule has 0 spiro atoms. The molecule has 27 heavy (non-hydrogen) atoms. The molecule has 2 aromatic rings. The van der Waals surface area contributed by atoms with E-state index in [4.69, 9.17) is 0 Å². The molecular formula is C18H21N3O5S. The maximum absolute atomic E-state index is 12.8. The van der Waals surface area contributed by atoms with E-state index < -0.39 is 27.4 Å². The summed E-state index contributed by atoms with van der Waals surface area (Å²) in [6.45, 7) is 4.89. The molecule has 0 fully saturated rings. The van der Waals surface area contributed by atoms with Crippen LogP contribution in [0.25, 0.3) is 0 Å². The normalized spacial score (nSPS) is 11.4. The number of nitro groups is 1. The second-order valence-corrected chi connectivity index (χ2v) is 8.28. The van der Waals surface area contributed by atoms with E-state index in [9.17, 15) is 23.3 Å². The highest BCUT2D eigenvalue weighted by Crippen LogP contribution is 2.24. The maximum atomic E-state index is 12.8. The molecule has 1 amide bonds. The van der Waals surface area contributed by atoms with Crippen molar-refractivity contribution >= 4 is 27.3 Å². The average Bonchev–Trinajstić information content (AvgIpc) is 2.58. The number of anilines is 1. The summed E-state index contributed by atoms with van der Waals surface area (Å²) in [7, 11) is -2.80. The van der Waals surface area contributed by atoms with E-state index in [-0.39, 0.29) is 10.6 Å². The molecule has 8 nitrogen and oxygen atoms in total. The lowest BCUT2D eigenvalue weighted by molar-refractivity contribution is -0.385. The van der Waals surface area contributed by atoms with Crippen LogP contribution in [-0.2, 0) is 14.8 Å². The third-order valence-electron chi connectivity index (χ3n) is 4.32. The van der Waals surface area contributed by atoms with Crippen molar-refractivity contribution in [1.29, 1.82) is 0 Å². The highest BCUT2D eigenvalue weighted by molar-refractivity contribution is 7.89. The topological polar surface area (TPSA) is 110 Å². The summed E-state index contributed by atoms with van der Waals surface area (Å²) in [6.07, 6.45) is 0. The molecular weight excluding hydrogens is 370 g/mol. The Kier molecular flexibility index (Phi) is 5.97. The van der Waals surface area contributed by atoms with Crippen molar-refractivity contribution in [3.05, 3.63) is 63.2 Å². The lowest BCUT2D eigenvalue weighted by Gasteiger charge is -2.18. The standard InChI is InChI=1S/C18H21N3O5S/c1-12-6-5-7-16(14(12)3)19-18(22)11-20(4)27(25,26)17-10-15(21(23)24)9-8-13(17)2/h5-10H,11H2,1-4H3,(H,19,22). The molecule has 0 saturated carbocycles. The predicted octanol–water partition coefficient (Wildman–Crippen LogP) is 2.78. The molecule has 0 heterocycles. The van der Waals surface area contributed by atoms with Crippen molar-refractivity contribution in [2.24, 2.45) is 0 Å². The minimum absolute atomic E-state index is 0.196. The molecule has 0 aromatic heterocycles. The Morgan fingerprint density at radius 1 is 1.15 bits per heavy atom. The van der Waals surface area contributed by atoms with Gasteiger partial charge in [-0.25, -0.2) is 8.42 Å². The number of nitrogens with one attached hydrogen (secondary N) is 1. The first kappa shape index (κ1) is 20.5. The van der Waals surface area contributed by atoms with E-state index in [2.05, 4.69) is 5.32 Å². The fraction of sp³-hybridized carbons (Fsp3) is 0.278. The average molecular weight is 391 g/mol. The van der Waals surface area contributed by atoms with Gasteiger partial charge in [-0.3, -0.25) is 14.9 Å². The number of amides is 1. The third kappa shape index (κ3) is 4.50. The molecule has 144 valence electrons. The van der Waals surface area contributed by atoms with Gasteiger partial charge in [-0.2, -0.15) is 4.31 Å². The summed E-state index contributed by atoms with van der Waals surface area (Å²) >= 11 is 0. The minimum Gasteiger partial charge on any atom is -0.325 e. The van der Waals surface area contributed by atoms with Crippen LogP contribution in [0, 0.1) is 30.9 Å². The number of sulfonamides is 1. The Hall–Kier alpha value is -2.78. The van der Waals surface area contributed by atoms with Gasteiger partial charge in [-0.1, -0.05) is 18.2 Å². The zero-order chi connectivity index (χ0) is 20.4. The van der Waals surface area contributed by atoms with Gasteiger partial charge in [0.1, 0.15) is 0 Å². The molecule has 0 aliphatic carbocycles. The van der Waals surface area contributed by atoms with Gasteiger partial charge in [0.15, 0.2) is 0 Å². The molecule has 0 radical (unpaired) electrons. The first-order valence-corrected chi connectivity index (χ1v) is 9.55. The van der Waals surface area contributed by atoms with Gasteiger partial charge in [-0.15, -0.1) is 0 Å². The van der Waals surface area contributed by atoms with Crippen LogP contribution in [0.1, 0.15) is 16.7 Å². The zero-order valence-corrected chi connectivity index (χ0v) is 16.3. The van der Waals surface area contributed by atoms with E-state index in [1.54, 1.807) is 19.1 Å². The van der Waals surface area contributed by atoms with E-state index >= 15 is 0 Å². The van der Waals surface area contributed by atoms with Crippen LogP contribution in [-0.4, -0.2) is 37.1 Å². The number of nitro benzene ring substituents is 1. The molecule has 2 rings (SSSR count). The molecule has 1 N–H and O–H groups in total. The second kappa shape index (κ2) is 7.85. The number of aryl methyl sites for hydroxylation is 2. The zero-order valence-electron chi connectivity index (χ0n) is 15.5. The maximum Gasteiger partial charge on any atom is 0.270 e. The van der Waals surface area contributed by atoms with E-state index in [0.717, 1.165) is 21.5 Å². The monoisotopic (exact) mass is 391 g/mol. The van der Waals surface area contributed by atoms with Crippen molar-refractivity contribution in [2.45, 2.75) is 25.7 Å². The first-order valence-electron chi connectivity index (χ1n) is 8.11. The number of likely N-dealkylation sites (N-methyl/N-ethyl adjacent to an activating group) is 1. The van der Waals surface area contributed by atoms with Crippen LogP contribution in [0.4, 0.5) is 11.4 Å². The Balaban J connectivity index is 2.22. The van der Waals surface area contributed by atoms with Gasteiger partial charge in [-0.05, 0) is 43.5 Å². The smallest absolute Gasteiger partial charge is 0.270 e. The van der Waals surface area contributed by atoms with Crippen molar-refractivity contribution in [3.8, 4) is 0 Å². The summed E-state index contributed by atoms with van der Waals surface area (Å²) in [5.74, 6) is -0.502. The number of hydrogen-bond acceptors (Lipinski definition) is 5. The van der Waals surface area contributed by atoms with Gasteiger partial charge in [0.25, 0.3) is 5.69 Å². The SMILES string of the molecule is Cc1ccc([N+](=O)[O-])cc1S(=O)(=O)N(C)CC(=O)Nc1cccc(C)c1C. The first-order chi connectivity index (χ1) is 12.5. The summed E-state index contributed by atoms with van der Waals surface area (Å²) in [5, 5.41) is 13.6. The van der Waals surface area contributed by atoms with Crippen molar-refractivity contribution in [2.75, 3.05) is 18.9 Å². The number of nitrogens with zero attached hydrogens (tertiary/aromatic N) is 2. The Labute approximate surface area is 158 Å². The molecule has 9 heteroatoms. The van der Waals surface area contributed by atoms with Crippen LogP contribution < -0.4 is 5.32 Å². The summed E-state index contributed by atoms with van der Waals surface area (Å²) in [4.78, 5) is 22.4. The fourth-order valence-electron chi connectivity index (χ4n) is 2.51. The van der Waals surface area contributed by atoms with Gasteiger partial charge in [0, 0.05) is 24.9 Å². The van der Waals surface area contributed by atoms with Crippen LogP contribution >= 0.6 is 0 Å². The van der Waals surface area contributed by atoms with Crippen LogP contribution in [0.2, 0.25) is 0 Å². The van der Waals surface area contributed by atoms with E-state index in [0.29, 0.717) is 11.3 Å². The quantitative estimate of drug-likeness (QED) is 0.601. The van der Waals surface area contributed by atoms with Gasteiger partial charge in [0.05, 0.1) is 16.4 Å². The van der Waals surface area contributed by atoms with Crippen LogP contribution in [0.3, 0.4) is 0 Å². The highest BCUT2D eigenvalue weighted by Gasteiger charge is 2.26. The fourth-order valence-corrected chi connectivity index (χ4v) is 3.88. The predicted molar refractivity (Wildman–Crippen MR) is 102 cm³/mol. The van der Waals surface area contributed by atoms with Crippen LogP contribution in [0.5, 0.6) is 0 Å². The second-order valence-electron chi connectivity index (χ2n) is 6.26. The third-order valence-corrected chi connectivity index (χ3v) is 6.26. The molecule has 2 aromatic carbocycles. The van der Waals surface area contributed by atoms with Gasteiger partial charge in [0.2, 0.25) is 15.9 Å². The molecule has 0 saturated heterocycles. The number of carbonyl (C=O) groups is 1. The van der Waals surface area contributed by atoms with Crippen LogP contribution in [0.15, 0.2) is 41.3 Å². The molecule has 0 aliphatic heterocycles. The van der Waals surface area contributed by atoms with Gasteiger partial charge >= 0.3 is 0 Å². The van der Waals surface area contributed by atoms with Crippen molar-refractivity contribution < 1.29 is 18.1 Å². The largest absolute Gasteiger partial charge is 0.325 e. The van der Waals surface area contributed by atoms with Gasteiger partial charge < -0.3 is 5.32 Å². The summed E-state index contributed by atoms with van der Waals surface area (Å²) in [5.41, 5.74) is 2.54. The number of non-ortho nitro benzene ring substituents is 1. The molecule has 0 atom stereocenters. The van der Waals surface area contributed by atoms with Crippen molar-refractivity contribution in [1.82, 2.24) is 4.31 Å². The number of benzene rings is 2.